The molecule has 1 fully saturated rings. The average molecular weight is 944 g/mol. The second kappa shape index (κ2) is 21.5. The number of likely N-dealkylation sites (tertiary alicyclic amines) is 1. The van der Waals surface area contributed by atoms with E-state index in [2.05, 4.69) is 30.6 Å². The first kappa shape index (κ1) is 48.7. The number of aromatic nitrogens is 1. The van der Waals surface area contributed by atoms with Crippen LogP contribution in [0.4, 0.5) is 5.69 Å². The molecule has 10 N–H and O–H groups in total. The second-order valence-electron chi connectivity index (χ2n) is 16.4. The first-order valence-corrected chi connectivity index (χ1v) is 23.3. The summed E-state index contributed by atoms with van der Waals surface area (Å²) in [5, 5.41) is 20.4. The van der Waals surface area contributed by atoms with Crippen LogP contribution in [0.5, 0.6) is 0 Å². The predicted molar refractivity (Wildman–Crippen MR) is 253 cm³/mol. The van der Waals surface area contributed by atoms with Gasteiger partial charge in [0.15, 0.2) is 5.96 Å². The lowest BCUT2D eigenvalue weighted by Crippen LogP contribution is -2.58. The number of rotatable bonds is 20. The summed E-state index contributed by atoms with van der Waals surface area (Å²) in [4.78, 5) is 78.6. The summed E-state index contributed by atoms with van der Waals surface area (Å²) in [7, 11) is -0.706. The molecular formula is C46H55ClN10O8S. The molecule has 0 aliphatic carbocycles. The number of hydrogen-bond donors (Lipinski definition) is 8. The quantitative estimate of drug-likeness (QED) is 0.0319. The zero-order valence-corrected chi connectivity index (χ0v) is 38.4. The van der Waals surface area contributed by atoms with E-state index in [9.17, 15) is 37.5 Å². The van der Waals surface area contributed by atoms with Crippen LogP contribution in [0.2, 0.25) is 5.02 Å². The topological polar surface area (TPSA) is 275 Å². The van der Waals surface area contributed by atoms with E-state index in [4.69, 9.17) is 23.1 Å². The number of fused-ring (bicyclic) bond motifs is 2. The van der Waals surface area contributed by atoms with E-state index in [1.807, 2.05) is 49.3 Å². The number of carboxylic acid groups (broad SMARTS) is 1. The summed E-state index contributed by atoms with van der Waals surface area (Å²) in [6, 6.07) is 17.8. The maximum absolute atomic E-state index is 14.4. The molecule has 4 aromatic carbocycles. The number of halogens is 1. The number of aromatic amines is 1. The molecule has 1 aromatic heterocycles. The number of benzene rings is 4. The molecule has 350 valence electrons. The molecule has 0 spiro atoms. The fraction of sp³-hybridized carbons (Fsp3) is 0.348. The number of nitrogens with one attached hydrogen (secondary N) is 5. The summed E-state index contributed by atoms with van der Waals surface area (Å²) in [5.41, 5.74) is 13.9. The first-order chi connectivity index (χ1) is 31.4. The van der Waals surface area contributed by atoms with Crippen LogP contribution in [-0.2, 0) is 46.8 Å². The predicted octanol–water partition coefficient (Wildman–Crippen LogP) is 2.78. The fourth-order valence-electron chi connectivity index (χ4n) is 8.14. The number of hydrogen-bond acceptors (Lipinski definition) is 9. The van der Waals surface area contributed by atoms with Crippen LogP contribution in [-0.4, -0.2) is 116 Å². The number of anilines is 1. The minimum Gasteiger partial charge on any atom is -0.480 e. The van der Waals surface area contributed by atoms with Crippen LogP contribution in [0.1, 0.15) is 43.7 Å². The van der Waals surface area contributed by atoms with Crippen molar-refractivity contribution in [2.75, 3.05) is 32.1 Å². The summed E-state index contributed by atoms with van der Waals surface area (Å²) in [6.45, 7) is 1.71. The Morgan fingerprint density at radius 2 is 1.55 bits per heavy atom. The van der Waals surface area contributed by atoms with Gasteiger partial charge in [0.05, 0.1) is 4.90 Å². The monoisotopic (exact) mass is 942 g/mol. The van der Waals surface area contributed by atoms with E-state index < -0.39 is 69.8 Å². The number of guanidine groups is 1. The lowest BCUT2D eigenvalue weighted by molar-refractivity contribution is -0.144. The van der Waals surface area contributed by atoms with Crippen LogP contribution in [0.3, 0.4) is 0 Å². The molecule has 2 heterocycles. The number of carboxylic acids is 1. The van der Waals surface area contributed by atoms with Crippen molar-refractivity contribution in [1.82, 2.24) is 30.6 Å². The van der Waals surface area contributed by atoms with Crippen molar-refractivity contribution in [3.8, 4) is 0 Å². The lowest BCUT2D eigenvalue weighted by Gasteiger charge is -2.29. The number of nitrogens with two attached hydrogens (primary N) is 2. The number of H-pyrrole nitrogens is 1. The standard InChI is InChI=1S/C46H55ClN10O8S/c1-27(44(61)57-23-9-16-39(57)43(60)54-37(45(62)63)25-29-26-51-34-13-5-4-10-31(29)34)52-41(58)35(14-8-22-50-46(48)49)53-42(59)36(24-28-18-20-30(47)21-19-28)55-66(64,65)40-17-7-11-32-33(40)12-6-15-38(32)56(2)3/h4-7,10-13,15,17-21,26-27,35-37,39,51,55H,8-9,14,16,22-25H2,1-3H3,(H,52,58)(H,53,59)(H,54,60)(H,62,63)(H4,48,49,50)/t27-,35-,36-,37-,39-/m0/s1. The molecule has 20 heteroatoms. The zero-order chi connectivity index (χ0) is 47.7. The number of para-hydroxylation sites is 1. The molecule has 0 saturated carbocycles. The number of nitrogens with zero attached hydrogens (tertiary/aromatic N) is 3. The highest BCUT2D eigenvalue weighted by atomic mass is 35.5. The van der Waals surface area contributed by atoms with Gasteiger partial charge in [-0.2, -0.15) is 4.72 Å². The van der Waals surface area contributed by atoms with Crippen molar-refractivity contribution in [1.29, 1.82) is 0 Å². The second-order valence-corrected chi connectivity index (χ2v) is 18.5. The summed E-state index contributed by atoms with van der Waals surface area (Å²) in [5.74, 6) is -4.27. The largest absolute Gasteiger partial charge is 0.480 e. The van der Waals surface area contributed by atoms with Crippen LogP contribution in [0.15, 0.2) is 101 Å². The smallest absolute Gasteiger partial charge is 0.326 e. The normalized spacial score (nSPS) is 15.6. The van der Waals surface area contributed by atoms with E-state index in [0.29, 0.717) is 33.3 Å². The Morgan fingerprint density at radius 1 is 0.864 bits per heavy atom. The highest BCUT2D eigenvalue weighted by molar-refractivity contribution is 7.89. The van der Waals surface area contributed by atoms with Crippen molar-refractivity contribution >= 4 is 84.5 Å². The molecule has 0 unspecified atom stereocenters. The molecule has 6 rings (SSSR count). The highest BCUT2D eigenvalue weighted by Gasteiger charge is 2.39. The number of aliphatic imine (C=N–C) groups is 1. The number of aliphatic carboxylic acids is 1. The van der Waals surface area contributed by atoms with Gasteiger partial charge < -0.3 is 47.3 Å². The molecule has 0 radical (unpaired) electrons. The Bertz CT molecular complexity index is 2720. The van der Waals surface area contributed by atoms with Gasteiger partial charge in [0.25, 0.3) is 0 Å². The van der Waals surface area contributed by atoms with Crippen molar-refractivity contribution in [3.05, 3.63) is 107 Å². The minimum atomic E-state index is -4.39. The van der Waals surface area contributed by atoms with Gasteiger partial charge in [-0.15, -0.1) is 0 Å². The Balaban J connectivity index is 1.19. The molecular weight excluding hydrogens is 888 g/mol. The molecule has 5 aromatic rings. The van der Waals surface area contributed by atoms with Gasteiger partial charge in [0, 0.05) is 72.2 Å². The third kappa shape index (κ3) is 11.9. The maximum atomic E-state index is 14.4. The average Bonchev–Trinajstić information content (AvgIpc) is 3.94. The molecule has 1 aliphatic rings. The van der Waals surface area contributed by atoms with E-state index in [1.54, 1.807) is 54.7 Å². The number of sulfonamides is 1. The highest BCUT2D eigenvalue weighted by Crippen LogP contribution is 2.30. The number of carbonyl (C=O) groups excluding carboxylic acids is 4. The Kier molecular flexibility index (Phi) is 15.9. The van der Waals surface area contributed by atoms with Crippen molar-refractivity contribution < 1.29 is 37.5 Å². The van der Waals surface area contributed by atoms with Gasteiger partial charge >= 0.3 is 5.97 Å². The minimum absolute atomic E-state index is 0.00269. The van der Waals surface area contributed by atoms with Gasteiger partial charge in [0.1, 0.15) is 30.2 Å². The van der Waals surface area contributed by atoms with Gasteiger partial charge in [-0.25, -0.2) is 13.2 Å². The van der Waals surface area contributed by atoms with Crippen LogP contribution in [0.25, 0.3) is 21.7 Å². The third-order valence-electron chi connectivity index (χ3n) is 11.5. The van der Waals surface area contributed by atoms with Gasteiger partial charge in [-0.1, -0.05) is 66.2 Å². The van der Waals surface area contributed by atoms with Crippen LogP contribution >= 0.6 is 11.6 Å². The molecule has 1 saturated heterocycles. The molecule has 5 atom stereocenters. The van der Waals surface area contributed by atoms with Crippen LogP contribution < -0.4 is 37.0 Å². The van der Waals surface area contributed by atoms with Gasteiger partial charge in [-0.05, 0) is 80.5 Å². The van der Waals surface area contributed by atoms with Crippen molar-refractivity contribution in [3.63, 3.8) is 0 Å². The summed E-state index contributed by atoms with van der Waals surface area (Å²) < 4.78 is 31.1. The fourth-order valence-corrected chi connectivity index (χ4v) is 9.69. The summed E-state index contributed by atoms with van der Waals surface area (Å²) in [6.07, 6.45) is 2.47. The van der Waals surface area contributed by atoms with Crippen molar-refractivity contribution in [2.45, 2.75) is 80.6 Å². The SMILES string of the molecule is C[C@H](NC(=O)[C@H](CCCN=C(N)N)NC(=O)[C@H](Cc1ccc(Cl)cc1)NS(=O)(=O)c1cccc2c(N(C)C)cccc12)C(=O)N1CCC[C@H]1C(=O)N[C@@H](Cc1c[nH]c2ccccc12)C(=O)O. The van der Waals surface area contributed by atoms with E-state index >= 15 is 0 Å². The third-order valence-corrected chi connectivity index (χ3v) is 13.2. The first-order valence-electron chi connectivity index (χ1n) is 21.4. The molecule has 66 heavy (non-hydrogen) atoms. The Hall–Kier alpha value is -6.70. The Morgan fingerprint density at radius 3 is 2.26 bits per heavy atom. The molecule has 1 aliphatic heterocycles. The zero-order valence-electron chi connectivity index (χ0n) is 36.8. The maximum Gasteiger partial charge on any atom is 0.326 e. The lowest BCUT2D eigenvalue weighted by atomic mass is 10.0. The molecule has 4 amide bonds. The number of carbonyl (C=O) groups is 5. The molecule has 18 nitrogen and oxygen atoms in total. The van der Waals surface area contributed by atoms with Crippen molar-refractivity contribution in [2.24, 2.45) is 16.5 Å². The number of amides is 4. The summed E-state index contributed by atoms with van der Waals surface area (Å²) >= 11 is 6.14. The molecule has 0 bridgehead atoms. The van der Waals surface area contributed by atoms with E-state index in [0.717, 1.165) is 16.6 Å². The van der Waals surface area contributed by atoms with E-state index in [-0.39, 0.29) is 56.0 Å². The Labute approximate surface area is 387 Å². The van der Waals surface area contributed by atoms with Gasteiger partial charge in [0.2, 0.25) is 33.7 Å². The van der Waals surface area contributed by atoms with Gasteiger partial charge in [-0.3, -0.25) is 24.2 Å². The van der Waals surface area contributed by atoms with Crippen LogP contribution in [0, 0.1) is 0 Å². The van der Waals surface area contributed by atoms with E-state index in [1.165, 1.54) is 17.9 Å².